The molecular weight excluding hydrogens is 336 g/mol. The Kier molecular flexibility index (Phi) is 4.97. The van der Waals surface area contributed by atoms with Gasteiger partial charge >= 0.3 is 5.97 Å². The molecule has 1 fully saturated rings. The molecular formula is C18H26N4O2S. The molecule has 0 aliphatic carbocycles. The number of carboxylic acids is 1. The number of carbonyl (C=O) groups is 1. The van der Waals surface area contributed by atoms with E-state index in [1.807, 2.05) is 6.92 Å². The molecule has 0 bridgehead atoms. The summed E-state index contributed by atoms with van der Waals surface area (Å²) in [5.41, 5.74) is 0.795. The lowest BCUT2D eigenvalue weighted by Gasteiger charge is -2.35. The predicted octanol–water partition coefficient (Wildman–Crippen LogP) is 3.62. The molecule has 2 aromatic heterocycles. The van der Waals surface area contributed by atoms with Gasteiger partial charge in [0.2, 0.25) is 0 Å². The van der Waals surface area contributed by atoms with Crippen LogP contribution in [0.1, 0.15) is 48.8 Å². The van der Waals surface area contributed by atoms with Crippen molar-refractivity contribution >= 4 is 33.3 Å². The number of aryl methyl sites for hydroxylation is 1. The Morgan fingerprint density at radius 3 is 2.64 bits per heavy atom. The number of hydrogen-bond acceptors (Lipinski definition) is 6. The van der Waals surface area contributed by atoms with Crippen molar-refractivity contribution in [2.45, 2.75) is 46.6 Å². The average molecular weight is 362 g/mol. The molecule has 0 aromatic carbocycles. The van der Waals surface area contributed by atoms with Gasteiger partial charge in [0.05, 0.1) is 5.39 Å². The highest BCUT2D eigenvalue weighted by Crippen LogP contribution is 2.35. The number of nitrogens with zero attached hydrogens (tertiary/aromatic N) is 3. The van der Waals surface area contributed by atoms with Gasteiger partial charge in [-0.05, 0) is 43.8 Å². The number of hydrogen-bond donors (Lipinski definition) is 2. The smallest absolute Gasteiger partial charge is 0.346 e. The molecule has 0 spiro atoms. The largest absolute Gasteiger partial charge is 0.477 e. The Morgan fingerprint density at radius 1 is 1.36 bits per heavy atom. The zero-order valence-electron chi connectivity index (χ0n) is 15.3. The monoisotopic (exact) mass is 362 g/mol. The van der Waals surface area contributed by atoms with E-state index in [1.165, 1.54) is 30.5 Å². The van der Waals surface area contributed by atoms with Gasteiger partial charge in [-0.25, -0.2) is 14.8 Å². The molecule has 25 heavy (non-hydrogen) atoms. The van der Waals surface area contributed by atoms with Crippen molar-refractivity contribution in [1.29, 1.82) is 0 Å². The molecule has 1 atom stereocenters. The van der Waals surface area contributed by atoms with Crippen LogP contribution in [0.15, 0.2) is 6.33 Å². The summed E-state index contributed by atoms with van der Waals surface area (Å²) in [4.78, 5) is 23.7. The second-order valence-corrected chi connectivity index (χ2v) is 8.83. The van der Waals surface area contributed by atoms with E-state index < -0.39 is 5.97 Å². The molecule has 2 aromatic rings. The summed E-state index contributed by atoms with van der Waals surface area (Å²) < 4.78 is 0. The van der Waals surface area contributed by atoms with Crippen LogP contribution in [-0.2, 0) is 0 Å². The van der Waals surface area contributed by atoms with Crippen LogP contribution in [0.4, 0.5) is 5.82 Å². The molecule has 136 valence electrons. The fourth-order valence-corrected chi connectivity index (χ4v) is 4.30. The molecule has 0 unspecified atom stereocenters. The van der Waals surface area contributed by atoms with Crippen LogP contribution in [-0.4, -0.2) is 51.6 Å². The lowest BCUT2D eigenvalue weighted by atomic mass is 9.86. The highest BCUT2D eigenvalue weighted by Gasteiger charge is 2.29. The fourth-order valence-electron chi connectivity index (χ4n) is 3.31. The standard InChI is InChI=1S/C18H26N4O2S/c1-11-13-15(19-10-20-16(13)25-14(11)17(23)24)21-12(18(2,3)4)9-22-7-5-6-8-22/h10,12H,5-9H2,1-4H3,(H,23,24)(H,19,20,21)/t12-/m0/s1. The van der Waals surface area contributed by atoms with Crippen molar-refractivity contribution in [3.8, 4) is 0 Å². The zero-order valence-corrected chi connectivity index (χ0v) is 16.1. The summed E-state index contributed by atoms with van der Waals surface area (Å²) >= 11 is 1.21. The minimum absolute atomic E-state index is 0.0550. The van der Waals surface area contributed by atoms with Crippen LogP contribution in [0, 0.1) is 12.3 Å². The van der Waals surface area contributed by atoms with E-state index in [4.69, 9.17) is 0 Å². The van der Waals surface area contributed by atoms with Gasteiger partial charge in [0, 0.05) is 12.6 Å². The number of fused-ring (bicyclic) bond motifs is 1. The minimum Gasteiger partial charge on any atom is -0.477 e. The summed E-state index contributed by atoms with van der Waals surface area (Å²) in [5.74, 6) is -0.165. The molecule has 0 radical (unpaired) electrons. The summed E-state index contributed by atoms with van der Waals surface area (Å²) in [7, 11) is 0. The number of aromatic carboxylic acids is 1. The minimum atomic E-state index is -0.907. The molecule has 7 heteroatoms. The van der Waals surface area contributed by atoms with E-state index >= 15 is 0 Å². The molecule has 2 N–H and O–H groups in total. The van der Waals surface area contributed by atoms with E-state index in [2.05, 4.69) is 41.0 Å². The summed E-state index contributed by atoms with van der Waals surface area (Å²) in [6.07, 6.45) is 4.04. The summed E-state index contributed by atoms with van der Waals surface area (Å²) in [6.45, 7) is 11.8. The Balaban J connectivity index is 1.95. The van der Waals surface area contributed by atoms with Gasteiger partial charge in [-0.2, -0.15) is 0 Å². The molecule has 1 saturated heterocycles. The maximum absolute atomic E-state index is 11.4. The molecule has 6 nitrogen and oxygen atoms in total. The molecule has 1 aliphatic heterocycles. The number of carboxylic acid groups (broad SMARTS) is 1. The SMILES string of the molecule is Cc1c(C(=O)O)sc2ncnc(N[C@@H](CN3CCCC3)C(C)(C)C)c12. The molecule has 3 rings (SSSR count). The zero-order chi connectivity index (χ0) is 18.2. The number of rotatable bonds is 5. The van der Waals surface area contributed by atoms with Crippen LogP contribution in [0.3, 0.4) is 0 Å². The van der Waals surface area contributed by atoms with E-state index in [0.29, 0.717) is 4.88 Å². The first-order valence-corrected chi connectivity index (χ1v) is 9.55. The van der Waals surface area contributed by atoms with E-state index in [-0.39, 0.29) is 11.5 Å². The van der Waals surface area contributed by atoms with E-state index in [1.54, 1.807) is 0 Å². The Hall–Kier alpha value is -1.73. The second kappa shape index (κ2) is 6.88. The molecule has 0 saturated carbocycles. The van der Waals surface area contributed by atoms with Gasteiger partial charge in [-0.3, -0.25) is 0 Å². The van der Waals surface area contributed by atoms with Crippen molar-refractivity contribution < 1.29 is 9.90 Å². The van der Waals surface area contributed by atoms with Crippen molar-refractivity contribution in [3.63, 3.8) is 0 Å². The fraction of sp³-hybridized carbons (Fsp3) is 0.611. The Morgan fingerprint density at radius 2 is 2.04 bits per heavy atom. The van der Waals surface area contributed by atoms with E-state index in [0.717, 1.165) is 41.2 Å². The number of anilines is 1. The Bertz CT molecular complexity index is 775. The van der Waals surface area contributed by atoms with Crippen LogP contribution in [0.5, 0.6) is 0 Å². The number of nitrogens with one attached hydrogen (secondary N) is 1. The normalized spacial score (nSPS) is 17.1. The second-order valence-electron chi connectivity index (χ2n) is 7.83. The van der Waals surface area contributed by atoms with Gasteiger partial charge in [0.15, 0.2) is 0 Å². The first kappa shape index (κ1) is 18.1. The van der Waals surface area contributed by atoms with Gasteiger partial charge in [0.25, 0.3) is 0 Å². The number of likely N-dealkylation sites (tertiary alicyclic amines) is 1. The quantitative estimate of drug-likeness (QED) is 0.846. The maximum Gasteiger partial charge on any atom is 0.346 e. The Labute approximate surface area is 152 Å². The number of thiophene rings is 1. The predicted molar refractivity (Wildman–Crippen MR) is 102 cm³/mol. The first-order valence-electron chi connectivity index (χ1n) is 8.73. The van der Waals surface area contributed by atoms with Crippen molar-refractivity contribution in [3.05, 3.63) is 16.8 Å². The lowest BCUT2D eigenvalue weighted by molar-refractivity contribution is 0.0701. The third-order valence-corrected chi connectivity index (χ3v) is 6.10. The van der Waals surface area contributed by atoms with E-state index in [9.17, 15) is 9.90 Å². The summed E-state index contributed by atoms with van der Waals surface area (Å²) in [6, 6.07) is 0.219. The van der Waals surface area contributed by atoms with Gasteiger partial charge in [0.1, 0.15) is 21.9 Å². The lowest BCUT2D eigenvalue weighted by Crippen LogP contribution is -2.43. The first-order chi connectivity index (χ1) is 11.8. The van der Waals surface area contributed by atoms with Gasteiger partial charge < -0.3 is 15.3 Å². The average Bonchev–Trinajstić information content (AvgIpc) is 3.14. The molecule has 0 amide bonds. The number of aromatic nitrogens is 2. The van der Waals surface area contributed by atoms with Gasteiger partial charge in [-0.15, -0.1) is 11.3 Å². The van der Waals surface area contributed by atoms with Crippen molar-refractivity contribution in [1.82, 2.24) is 14.9 Å². The topological polar surface area (TPSA) is 78.3 Å². The summed E-state index contributed by atoms with van der Waals surface area (Å²) in [5, 5.41) is 13.8. The maximum atomic E-state index is 11.4. The van der Waals surface area contributed by atoms with Crippen LogP contribution in [0.25, 0.3) is 10.2 Å². The molecule has 3 heterocycles. The van der Waals surface area contributed by atoms with Crippen molar-refractivity contribution in [2.24, 2.45) is 5.41 Å². The third-order valence-electron chi connectivity index (χ3n) is 4.92. The van der Waals surface area contributed by atoms with Gasteiger partial charge in [-0.1, -0.05) is 20.8 Å². The van der Waals surface area contributed by atoms with Crippen LogP contribution < -0.4 is 5.32 Å². The van der Waals surface area contributed by atoms with Crippen LogP contribution in [0.2, 0.25) is 0 Å². The van der Waals surface area contributed by atoms with Crippen LogP contribution >= 0.6 is 11.3 Å². The van der Waals surface area contributed by atoms with Crippen molar-refractivity contribution in [2.75, 3.05) is 25.0 Å². The highest BCUT2D eigenvalue weighted by atomic mass is 32.1. The highest BCUT2D eigenvalue weighted by molar-refractivity contribution is 7.20. The third kappa shape index (κ3) is 3.77. The molecule has 1 aliphatic rings.